The minimum atomic E-state index is 0.487. The van der Waals surface area contributed by atoms with Crippen LogP contribution in [0, 0.1) is 11.8 Å². The molecule has 1 aromatic rings. The predicted molar refractivity (Wildman–Crippen MR) is 87.3 cm³/mol. The van der Waals surface area contributed by atoms with Crippen LogP contribution >= 0.6 is 0 Å². The van der Waals surface area contributed by atoms with Gasteiger partial charge in [0.15, 0.2) is 0 Å². The quantitative estimate of drug-likeness (QED) is 0.457. The first-order valence-electron chi connectivity index (χ1n) is 6.00. The van der Waals surface area contributed by atoms with Crippen LogP contribution in [0.2, 0.25) is 0 Å². The van der Waals surface area contributed by atoms with Gasteiger partial charge in [-0.2, -0.15) is 0 Å². The Bertz CT molecular complexity index is 499. The van der Waals surface area contributed by atoms with Crippen LogP contribution < -0.4 is 0 Å². The highest BCUT2D eigenvalue weighted by atomic mass is 16.3. The molecule has 0 aliphatic rings. The van der Waals surface area contributed by atoms with Crippen molar-refractivity contribution in [3.8, 4) is 0 Å². The molecule has 20 heavy (non-hydrogen) atoms. The van der Waals surface area contributed by atoms with Crippen LogP contribution in [0.4, 0.5) is 5.69 Å². The molecule has 0 spiro atoms. The summed E-state index contributed by atoms with van der Waals surface area (Å²) in [5, 5.41) is 2.76. The second-order valence-corrected chi connectivity index (χ2v) is 4.30. The Morgan fingerprint density at radius 3 is 2.10 bits per heavy atom. The van der Waals surface area contributed by atoms with Crippen LogP contribution in [0.1, 0.15) is 5.56 Å². The van der Waals surface area contributed by atoms with E-state index in [2.05, 4.69) is 30.0 Å². The molecule has 0 atom stereocenters. The number of hydrogen-bond acceptors (Lipinski definition) is 4. The highest BCUT2D eigenvalue weighted by molar-refractivity contribution is 5.37. The van der Waals surface area contributed by atoms with Crippen molar-refractivity contribution < 1.29 is 0 Å². The third-order valence-corrected chi connectivity index (χ3v) is 2.39. The fourth-order valence-corrected chi connectivity index (χ4v) is 1.000. The number of rotatable bonds is 5. The maximum absolute atomic E-state index is 9.87. The van der Waals surface area contributed by atoms with E-state index in [0.29, 0.717) is 11.4 Å². The van der Waals surface area contributed by atoms with E-state index in [1.54, 1.807) is 18.2 Å². The first kappa shape index (κ1) is 17.5. The average molecular weight is 271 g/mol. The van der Waals surface area contributed by atoms with Gasteiger partial charge in [-0.05, 0) is 43.1 Å². The molecule has 106 valence electrons. The molecule has 1 rings (SSSR count). The van der Waals surface area contributed by atoms with Crippen LogP contribution in [-0.4, -0.2) is 25.7 Å². The molecule has 0 fully saturated rings. The Balaban J connectivity index is 0.000000367. The smallest absolute Gasteiger partial charge is 0.108 e. The van der Waals surface area contributed by atoms with E-state index in [1.165, 1.54) is 0 Å². The lowest BCUT2D eigenvalue weighted by atomic mass is 10.2. The lowest BCUT2D eigenvalue weighted by molar-refractivity contribution is 0.532. The Morgan fingerprint density at radius 2 is 1.70 bits per heavy atom. The summed E-state index contributed by atoms with van der Waals surface area (Å²) in [6, 6.07) is 7.11. The van der Waals surface area contributed by atoms with Gasteiger partial charge in [0.2, 0.25) is 0 Å². The van der Waals surface area contributed by atoms with E-state index < -0.39 is 0 Å². The Labute approximate surface area is 120 Å². The SMILES string of the molecule is C=NC(=C)/C=C\C(=C)N(C)C.Cc1ccc(N=O)cc1. The molecule has 0 saturated heterocycles. The van der Waals surface area contributed by atoms with Crippen molar-refractivity contribution in [2.24, 2.45) is 10.2 Å². The van der Waals surface area contributed by atoms with Gasteiger partial charge < -0.3 is 4.90 Å². The Hall–Kier alpha value is -2.49. The lowest BCUT2D eigenvalue weighted by Crippen LogP contribution is -2.07. The normalized spacial score (nSPS) is 9.35. The molecule has 1 aromatic carbocycles. The fraction of sp³-hybridized carbons (Fsp3) is 0.188. The monoisotopic (exact) mass is 271 g/mol. The molecule has 0 saturated carbocycles. The second-order valence-electron chi connectivity index (χ2n) is 4.30. The van der Waals surface area contributed by atoms with Crippen LogP contribution in [0.3, 0.4) is 0 Å². The molecular formula is C16H21N3O. The second kappa shape index (κ2) is 9.44. The first-order chi connectivity index (χ1) is 9.40. The van der Waals surface area contributed by atoms with Crippen LogP contribution in [0.5, 0.6) is 0 Å². The van der Waals surface area contributed by atoms with Gasteiger partial charge in [-0.1, -0.05) is 30.9 Å². The lowest BCUT2D eigenvalue weighted by Gasteiger charge is -2.10. The van der Waals surface area contributed by atoms with Crippen molar-refractivity contribution in [2.45, 2.75) is 6.92 Å². The van der Waals surface area contributed by atoms with Crippen molar-refractivity contribution >= 4 is 12.4 Å². The van der Waals surface area contributed by atoms with Crippen molar-refractivity contribution in [3.05, 3.63) is 71.4 Å². The van der Waals surface area contributed by atoms with Gasteiger partial charge in [0.05, 0.1) is 5.70 Å². The number of likely N-dealkylation sites (N-methyl/N-ethyl adjacent to an activating group) is 1. The van der Waals surface area contributed by atoms with Crippen LogP contribution in [0.15, 0.2) is 71.1 Å². The molecule has 4 nitrogen and oxygen atoms in total. The summed E-state index contributed by atoms with van der Waals surface area (Å²) in [6.45, 7) is 12.7. The molecular weight excluding hydrogens is 250 g/mol. The topological polar surface area (TPSA) is 45.0 Å². The summed E-state index contributed by atoms with van der Waals surface area (Å²) >= 11 is 0. The molecule has 0 bridgehead atoms. The average Bonchev–Trinajstić information content (AvgIpc) is 2.45. The highest BCUT2D eigenvalue weighted by Gasteiger charge is 1.88. The third-order valence-electron chi connectivity index (χ3n) is 2.39. The molecule has 0 aliphatic heterocycles. The van der Waals surface area contributed by atoms with Gasteiger partial charge in [0.1, 0.15) is 5.69 Å². The van der Waals surface area contributed by atoms with Crippen molar-refractivity contribution in [2.75, 3.05) is 14.1 Å². The molecule has 0 aliphatic carbocycles. The van der Waals surface area contributed by atoms with Gasteiger partial charge in [-0.25, -0.2) is 0 Å². The summed E-state index contributed by atoms with van der Waals surface area (Å²) in [5.41, 5.74) is 3.19. The Kier molecular flexibility index (Phi) is 8.27. The molecule has 4 heteroatoms. The van der Waals surface area contributed by atoms with Crippen LogP contribution in [0.25, 0.3) is 0 Å². The number of aliphatic imine (C=N–C) groups is 1. The van der Waals surface area contributed by atoms with Gasteiger partial charge >= 0.3 is 0 Å². The van der Waals surface area contributed by atoms with E-state index in [0.717, 1.165) is 11.3 Å². The van der Waals surface area contributed by atoms with Crippen LogP contribution in [-0.2, 0) is 0 Å². The number of aryl methyl sites for hydroxylation is 1. The van der Waals surface area contributed by atoms with E-state index in [4.69, 9.17) is 0 Å². The largest absolute Gasteiger partial charge is 0.378 e. The predicted octanol–water partition coefficient (Wildman–Crippen LogP) is 4.23. The summed E-state index contributed by atoms with van der Waals surface area (Å²) in [4.78, 5) is 15.4. The minimum absolute atomic E-state index is 0.487. The van der Waals surface area contributed by atoms with Crippen molar-refractivity contribution in [1.82, 2.24) is 4.90 Å². The highest BCUT2D eigenvalue weighted by Crippen LogP contribution is 2.10. The summed E-state index contributed by atoms with van der Waals surface area (Å²) in [6.07, 6.45) is 3.62. The fourth-order valence-electron chi connectivity index (χ4n) is 1.000. The minimum Gasteiger partial charge on any atom is -0.378 e. The maximum atomic E-state index is 9.87. The van der Waals surface area contributed by atoms with Crippen molar-refractivity contribution in [1.29, 1.82) is 0 Å². The number of hydrogen-bond donors (Lipinski definition) is 0. The van der Waals surface area contributed by atoms with Gasteiger partial charge in [-0.15, -0.1) is 4.91 Å². The van der Waals surface area contributed by atoms with Gasteiger partial charge in [0, 0.05) is 19.8 Å². The zero-order valence-electron chi connectivity index (χ0n) is 12.3. The zero-order valence-corrected chi connectivity index (χ0v) is 12.3. The van der Waals surface area contributed by atoms with E-state index in [9.17, 15) is 4.91 Å². The van der Waals surface area contributed by atoms with Gasteiger partial charge in [-0.3, -0.25) is 4.99 Å². The summed E-state index contributed by atoms with van der Waals surface area (Å²) < 4.78 is 0. The van der Waals surface area contributed by atoms with Crippen molar-refractivity contribution in [3.63, 3.8) is 0 Å². The number of allylic oxidation sites excluding steroid dienone is 2. The summed E-state index contributed by atoms with van der Waals surface area (Å²) in [5.74, 6) is 0. The zero-order chi connectivity index (χ0) is 15.5. The molecule has 0 radical (unpaired) electrons. The standard InChI is InChI=1S/C9H14N2.C7H7NO/c1-8(10-3)6-7-9(2)11(4)5;1-6-2-4-7(8-9)5-3-6/h6-7H,1-3H2,4-5H3;2-5H,1H3/b7-6-;. The number of nitrogens with zero attached hydrogens (tertiary/aromatic N) is 3. The molecule has 0 unspecified atom stereocenters. The first-order valence-corrected chi connectivity index (χ1v) is 6.00. The number of benzene rings is 1. The van der Waals surface area contributed by atoms with E-state index in [-0.39, 0.29) is 0 Å². The molecule has 0 heterocycles. The molecule has 0 aromatic heterocycles. The maximum Gasteiger partial charge on any atom is 0.108 e. The third kappa shape index (κ3) is 7.76. The molecule has 0 amide bonds. The summed E-state index contributed by atoms with van der Waals surface area (Å²) in [7, 11) is 3.85. The van der Waals surface area contributed by atoms with E-state index in [1.807, 2.05) is 44.1 Å². The Morgan fingerprint density at radius 1 is 1.15 bits per heavy atom. The number of nitroso groups, excluding NO2 is 1. The molecule has 0 N–H and O–H groups in total. The van der Waals surface area contributed by atoms with Gasteiger partial charge in [0.25, 0.3) is 0 Å². The van der Waals surface area contributed by atoms with E-state index >= 15 is 0 Å².